The number of esters is 1. The third-order valence-electron chi connectivity index (χ3n) is 4.32. The van der Waals surface area contributed by atoms with Gasteiger partial charge in [-0.1, -0.05) is 64.7 Å². The number of carbonyl (C=O) groups is 2. The number of rotatable bonds is 16. The molecule has 6 nitrogen and oxygen atoms in total. The maximum Gasteiger partial charge on any atom is 0.306 e. The summed E-state index contributed by atoms with van der Waals surface area (Å²) in [4.78, 5) is 22.6. The van der Waals surface area contributed by atoms with Gasteiger partial charge in [-0.2, -0.15) is 0 Å². The fourth-order valence-corrected chi connectivity index (χ4v) is 2.63. The normalized spacial score (nSPS) is 16.0. The van der Waals surface area contributed by atoms with Crippen LogP contribution in [0.1, 0.15) is 84.5 Å². The zero-order valence-corrected chi connectivity index (χ0v) is 15.7. The Kier molecular flexibility index (Phi) is 14.7. The Bertz CT molecular complexity index is 345. The molecule has 4 atom stereocenters. The molecular formula is C19H36O6. The second-order valence-corrected chi connectivity index (χ2v) is 6.74. The average Bonchev–Trinajstić information content (AvgIpc) is 2.59. The first-order chi connectivity index (χ1) is 11.9. The van der Waals surface area contributed by atoms with Gasteiger partial charge in [0.1, 0.15) is 12.2 Å². The molecule has 0 aliphatic rings. The molecule has 0 aromatic heterocycles. The molecule has 0 fully saturated rings. The van der Waals surface area contributed by atoms with E-state index < -0.39 is 30.4 Å². The summed E-state index contributed by atoms with van der Waals surface area (Å²) < 4.78 is 4.89. The minimum Gasteiger partial charge on any atom is -0.452 e. The topological polar surface area (TPSA) is 104 Å². The minimum absolute atomic E-state index is 0.179. The van der Waals surface area contributed by atoms with Crippen LogP contribution in [0.25, 0.3) is 0 Å². The Morgan fingerprint density at radius 2 is 1.36 bits per heavy atom. The number of aliphatic hydroxyl groups excluding tert-OH is 3. The Morgan fingerprint density at radius 1 is 0.880 bits per heavy atom. The Labute approximate surface area is 151 Å². The van der Waals surface area contributed by atoms with E-state index in [-0.39, 0.29) is 12.7 Å². The van der Waals surface area contributed by atoms with Gasteiger partial charge in [0.05, 0.1) is 6.10 Å². The first-order valence-electron chi connectivity index (χ1n) is 9.63. The van der Waals surface area contributed by atoms with Crippen LogP contribution in [0.3, 0.4) is 0 Å². The quantitative estimate of drug-likeness (QED) is 0.222. The lowest BCUT2D eigenvalue weighted by molar-refractivity contribution is -0.166. The number of aldehydes is 1. The van der Waals surface area contributed by atoms with Crippen molar-refractivity contribution in [1.29, 1.82) is 0 Å². The summed E-state index contributed by atoms with van der Waals surface area (Å²) in [5.74, 6) is -0.575. The lowest BCUT2D eigenvalue weighted by atomic mass is 10.0. The van der Waals surface area contributed by atoms with Crippen molar-refractivity contribution < 1.29 is 29.6 Å². The molecule has 0 saturated carbocycles. The van der Waals surface area contributed by atoms with Crippen LogP contribution in [0, 0.1) is 0 Å². The first kappa shape index (κ1) is 24.0. The van der Waals surface area contributed by atoms with Crippen molar-refractivity contribution in [3.63, 3.8) is 0 Å². The Hall–Kier alpha value is -0.980. The van der Waals surface area contributed by atoms with E-state index in [4.69, 9.17) is 4.74 Å². The van der Waals surface area contributed by atoms with E-state index in [9.17, 15) is 24.9 Å². The smallest absolute Gasteiger partial charge is 0.306 e. The van der Waals surface area contributed by atoms with Crippen LogP contribution < -0.4 is 0 Å². The van der Waals surface area contributed by atoms with Crippen LogP contribution >= 0.6 is 0 Å². The monoisotopic (exact) mass is 360 g/mol. The van der Waals surface area contributed by atoms with Gasteiger partial charge < -0.3 is 20.1 Å². The van der Waals surface area contributed by atoms with E-state index in [0.29, 0.717) is 6.42 Å². The fraction of sp³-hybridized carbons (Fsp3) is 0.895. The highest BCUT2D eigenvalue weighted by molar-refractivity contribution is 5.72. The molecule has 0 radical (unpaired) electrons. The summed E-state index contributed by atoms with van der Waals surface area (Å²) >= 11 is 0. The average molecular weight is 360 g/mol. The van der Waals surface area contributed by atoms with Crippen LogP contribution in [0.5, 0.6) is 0 Å². The van der Waals surface area contributed by atoms with Crippen molar-refractivity contribution in [1.82, 2.24) is 0 Å². The summed E-state index contributed by atoms with van der Waals surface area (Å²) in [6, 6.07) is 0. The van der Waals surface area contributed by atoms with Crippen molar-refractivity contribution in [2.24, 2.45) is 0 Å². The van der Waals surface area contributed by atoms with Crippen LogP contribution in [0.15, 0.2) is 0 Å². The molecule has 0 saturated heterocycles. The maximum atomic E-state index is 11.7. The molecule has 0 heterocycles. The minimum atomic E-state index is -1.63. The summed E-state index contributed by atoms with van der Waals surface area (Å²) in [5.41, 5.74) is 0. The van der Waals surface area contributed by atoms with Crippen LogP contribution in [0.2, 0.25) is 0 Å². The van der Waals surface area contributed by atoms with E-state index in [1.54, 1.807) is 0 Å². The summed E-state index contributed by atoms with van der Waals surface area (Å²) in [6.07, 6.45) is 6.12. The molecule has 0 aromatic carbocycles. The molecule has 3 N–H and O–H groups in total. The number of carbonyl (C=O) groups excluding carboxylic acids is 2. The number of unbranched alkanes of at least 4 members (excludes halogenated alkanes) is 9. The highest BCUT2D eigenvalue weighted by Crippen LogP contribution is 2.12. The van der Waals surface area contributed by atoms with E-state index in [1.807, 2.05) is 0 Å². The maximum absolute atomic E-state index is 11.7. The number of ether oxygens (including phenoxy) is 1. The van der Waals surface area contributed by atoms with Gasteiger partial charge in [0.2, 0.25) is 0 Å². The zero-order chi connectivity index (χ0) is 19.1. The van der Waals surface area contributed by atoms with Gasteiger partial charge in [0.15, 0.2) is 12.4 Å². The third kappa shape index (κ3) is 12.1. The number of hydrogen-bond acceptors (Lipinski definition) is 6. The first-order valence-corrected chi connectivity index (χ1v) is 9.63. The molecule has 25 heavy (non-hydrogen) atoms. The predicted octanol–water partition coefficient (Wildman–Crippen LogP) is 2.51. The molecule has 0 rings (SSSR count). The van der Waals surface area contributed by atoms with Gasteiger partial charge in [-0.3, -0.25) is 9.59 Å². The molecule has 0 spiro atoms. The van der Waals surface area contributed by atoms with Gasteiger partial charge in [-0.05, 0) is 13.3 Å². The highest BCUT2D eigenvalue weighted by atomic mass is 16.6. The second kappa shape index (κ2) is 15.3. The molecular weight excluding hydrogens is 324 g/mol. The largest absolute Gasteiger partial charge is 0.452 e. The van der Waals surface area contributed by atoms with E-state index >= 15 is 0 Å². The van der Waals surface area contributed by atoms with Crippen molar-refractivity contribution in [3.8, 4) is 0 Å². The molecule has 148 valence electrons. The molecule has 0 bridgehead atoms. The Balaban J connectivity index is 3.76. The van der Waals surface area contributed by atoms with Crippen LogP contribution in [0.4, 0.5) is 0 Å². The number of aliphatic hydroxyl groups is 3. The van der Waals surface area contributed by atoms with Crippen molar-refractivity contribution in [2.75, 3.05) is 0 Å². The van der Waals surface area contributed by atoms with Crippen LogP contribution in [-0.2, 0) is 14.3 Å². The fourth-order valence-electron chi connectivity index (χ4n) is 2.63. The van der Waals surface area contributed by atoms with Crippen LogP contribution in [-0.4, -0.2) is 52.0 Å². The predicted molar refractivity (Wildman–Crippen MR) is 96.1 cm³/mol. The molecule has 0 amide bonds. The molecule has 4 unspecified atom stereocenters. The Morgan fingerprint density at radius 3 is 1.80 bits per heavy atom. The standard InChI is InChI=1S/C19H36O6/c1-3-4-5-6-7-8-9-10-11-12-13-17(22)25-16(14-20)19(24)18(23)15(2)21/h14-16,18-19,21,23-24H,3-13H2,1-2H3. The third-order valence-corrected chi connectivity index (χ3v) is 4.32. The van der Waals surface area contributed by atoms with Crippen molar-refractivity contribution in [2.45, 2.75) is 109 Å². The van der Waals surface area contributed by atoms with Gasteiger partial charge in [-0.25, -0.2) is 0 Å². The zero-order valence-electron chi connectivity index (χ0n) is 15.7. The molecule has 0 aromatic rings. The second-order valence-electron chi connectivity index (χ2n) is 6.74. The lowest BCUT2D eigenvalue weighted by Crippen LogP contribution is -2.46. The summed E-state index contributed by atoms with van der Waals surface area (Å²) in [5, 5.41) is 28.5. The molecule has 0 aliphatic heterocycles. The van der Waals surface area contributed by atoms with E-state index in [2.05, 4.69) is 6.92 Å². The van der Waals surface area contributed by atoms with E-state index in [0.717, 1.165) is 19.3 Å². The summed E-state index contributed by atoms with van der Waals surface area (Å²) in [7, 11) is 0. The number of hydrogen-bond donors (Lipinski definition) is 3. The van der Waals surface area contributed by atoms with Crippen molar-refractivity contribution in [3.05, 3.63) is 0 Å². The van der Waals surface area contributed by atoms with E-state index in [1.165, 1.54) is 45.4 Å². The highest BCUT2D eigenvalue weighted by Gasteiger charge is 2.31. The van der Waals surface area contributed by atoms with Gasteiger partial charge >= 0.3 is 5.97 Å². The van der Waals surface area contributed by atoms with Gasteiger partial charge in [-0.15, -0.1) is 0 Å². The van der Waals surface area contributed by atoms with Gasteiger partial charge in [0, 0.05) is 6.42 Å². The van der Waals surface area contributed by atoms with Gasteiger partial charge in [0.25, 0.3) is 0 Å². The summed E-state index contributed by atoms with van der Waals surface area (Å²) in [6.45, 7) is 3.49. The SMILES string of the molecule is CCCCCCCCCCCCC(=O)OC(C=O)C(O)C(O)C(C)O. The molecule has 0 aliphatic carbocycles. The molecule has 6 heteroatoms. The van der Waals surface area contributed by atoms with Crippen molar-refractivity contribution >= 4 is 12.3 Å². The lowest BCUT2D eigenvalue weighted by Gasteiger charge is -2.24.